The first-order chi connectivity index (χ1) is 14.3. The maximum Gasteiger partial charge on any atom is 0.265 e. The average Bonchev–Trinajstić information content (AvgIpc) is 3.08. The molecular formula is C23H27N5OS. The van der Waals surface area contributed by atoms with Crippen LogP contribution in [0.1, 0.15) is 38.0 Å². The van der Waals surface area contributed by atoms with Crippen LogP contribution in [0.5, 0.6) is 0 Å². The van der Waals surface area contributed by atoms with Crippen molar-refractivity contribution in [3.05, 3.63) is 57.5 Å². The van der Waals surface area contributed by atoms with Gasteiger partial charge in [0.1, 0.15) is 21.5 Å². The molecule has 3 heterocycles. The number of amides is 1. The number of nitrogens with zero attached hydrogens (tertiary/aromatic N) is 5. The topological polar surface area (TPSA) is 62.2 Å². The number of aryl methyl sites for hydroxylation is 5. The van der Waals surface area contributed by atoms with Gasteiger partial charge in [0, 0.05) is 43.5 Å². The average molecular weight is 422 g/mol. The lowest BCUT2D eigenvalue weighted by Gasteiger charge is -2.35. The van der Waals surface area contributed by atoms with E-state index in [2.05, 4.69) is 46.9 Å². The molecule has 4 rings (SSSR count). The summed E-state index contributed by atoms with van der Waals surface area (Å²) in [6, 6.07) is 8.36. The number of anilines is 1. The number of carbonyl (C=O) groups excluding carboxylic acids is 1. The Balaban J connectivity index is 1.49. The molecule has 1 aliphatic rings. The first-order valence-corrected chi connectivity index (χ1v) is 11.0. The van der Waals surface area contributed by atoms with Gasteiger partial charge in [0.15, 0.2) is 0 Å². The van der Waals surface area contributed by atoms with Crippen LogP contribution in [0.15, 0.2) is 24.3 Å². The van der Waals surface area contributed by atoms with E-state index >= 15 is 0 Å². The summed E-state index contributed by atoms with van der Waals surface area (Å²) in [5.41, 5.74) is 5.30. The molecule has 0 spiro atoms. The predicted molar refractivity (Wildman–Crippen MR) is 121 cm³/mol. The van der Waals surface area contributed by atoms with Gasteiger partial charge in [0.05, 0.1) is 5.69 Å². The second-order valence-corrected chi connectivity index (χ2v) is 8.94. The second-order valence-electron chi connectivity index (χ2n) is 7.95. The van der Waals surface area contributed by atoms with E-state index in [1.54, 1.807) is 0 Å². The fraction of sp³-hybridized carbons (Fsp3) is 0.391. The molecule has 1 fully saturated rings. The van der Waals surface area contributed by atoms with Crippen LogP contribution in [-0.4, -0.2) is 51.9 Å². The summed E-state index contributed by atoms with van der Waals surface area (Å²) in [6.07, 6.45) is 0. The molecular weight excluding hydrogens is 394 g/mol. The molecule has 6 nitrogen and oxygen atoms in total. The van der Waals surface area contributed by atoms with Crippen molar-refractivity contribution in [2.45, 2.75) is 34.6 Å². The molecule has 0 radical (unpaired) electrons. The van der Waals surface area contributed by atoms with Crippen molar-refractivity contribution in [1.29, 1.82) is 0 Å². The Morgan fingerprint density at radius 1 is 0.933 bits per heavy atom. The SMILES string of the molecule is Cc1ccc(-c2nc(C)c(C(=O)N3CCN(c4cc(C)nc(C)n4)CC3)s2)c(C)c1. The highest BCUT2D eigenvalue weighted by molar-refractivity contribution is 7.17. The van der Waals surface area contributed by atoms with Gasteiger partial charge >= 0.3 is 0 Å². The summed E-state index contributed by atoms with van der Waals surface area (Å²) in [4.78, 5) is 31.7. The van der Waals surface area contributed by atoms with Crippen molar-refractivity contribution in [2.75, 3.05) is 31.1 Å². The van der Waals surface area contributed by atoms with Crippen LogP contribution in [-0.2, 0) is 0 Å². The van der Waals surface area contributed by atoms with E-state index < -0.39 is 0 Å². The van der Waals surface area contributed by atoms with Crippen LogP contribution in [0.2, 0.25) is 0 Å². The van der Waals surface area contributed by atoms with Crippen LogP contribution < -0.4 is 4.90 Å². The highest BCUT2D eigenvalue weighted by Crippen LogP contribution is 2.31. The van der Waals surface area contributed by atoms with Gasteiger partial charge in [-0.2, -0.15) is 0 Å². The maximum absolute atomic E-state index is 13.2. The number of hydrogen-bond donors (Lipinski definition) is 0. The number of hydrogen-bond acceptors (Lipinski definition) is 6. The standard InChI is InChI=1S/C23H27N5OS/c1-14-6-7-19(15(2)12-14)22-25-17(4)21(30-22)23(29)28-10-8-27(9-11-28)20-13-16(3)24-18(5)26-20/h6-7,12-13H,8-11H2,1-5H3. The van der Waals surface area contributed by atoms with Crippen molar-refractivity contribution in [1.82, 2.24) is 19.9 Å². The lowest BCUT2D eigenvalue weighted by atomic mass is 10.1. The number of rotatable bonds is 3. The van der Waals surface area contributed by atoms with Crippen LogP contribution in [0, 0.1) is 34.6 Å². The van der Waals surface area contributed by atoms with E-state index in [0.717, 1.165) is 51.6 Å². The first-order valence-electron chi connectivity index (χ1n) is 10.2. The fourth-order valence-corrected chi connectivity index (χ4v) is 5.03. The third-order valence-electron chi connectivity index (χ3n) is 5.45. The lowest BCUT2D eigenvalue weighted by molar-refractivity contribution is 0.0750. The van der Waals surface area contributed by atoms with Gasteiger partial charge in [-0.3, -0.25) is 4.79 Å². The molecule has 1 saturated heterocycles. The summed E-state index contributed by atoms with van der Waals surface area (Å²) in [6.45, 7) is 12.9. The Bertz CT molecular complexity index is 1080. The van der Waals surface area contributed by atoms with Crippen molar-refractivity contribution in [3.63, 3.8) is 0 Å². The Kier molecular flexibility index (Phi) is 5.56. The van der Waals surface area contributed by atoms with Crippen LogP contribution >= 0.6 is 11.3 Å². The molecule has 156 valence electrons. The minimum atomic E-state index is 0.0794. The van der Waals surface area contributed by atoms with E-state index in [4.69, 9.17) is 4.98 Å². The zero-order valence-corrected chi connectivity index (χ0v) is 19.0. The van der Waals surface area contributed by atoms with E-state index in [1.165, 1.54) is 22.5 Å². The Hall–Kier alpha value is -2.80. The van der Waals surface area contributed by atoms with Crippen LogP contribution in [0.3, 0.4) is 0 Å². The first kappa shape index (κ1) is 20.5. The minimum Gasteiger partial charge on any atom is -0.353 e. The molecule has 0 aliphatic carbocycles. The van der Waals surface area contributed by atoms with Gasteiger partial charge in [-0.1, -0.05) is 23.8 Å². The summed E-state index contributed by atoms with van der Waals surface area (Å²) in [5, 5.41) is 0.916. The Morgan fingerprint density at radius 3 is 2.33 bits per heavy atom. The summed E-state index contributed by atoms with van der Waals surface area (Å²) in [7, 11) is 0. The van der Waals surface area contributed by atoms with Crippen LogP contribution in [0.25, 0.3) is 10.6 Å². The monoisotopic (exact) mass is 421 g/mol. The number of thiazole rings is 1. The van der Waals surface area contributed by atoms with Gasteiger partial charge in [-0.05, 0) is 40.2 Å². The number of piperazine rings is 1. The van der Waals surface area contributed by atoms with Gasteiger partial charge in [0.25, 0.3) is 5.91 Å². The second kappa shape index (κ2) is 8.14. The molecule has 1 aliphatic heterocycles. The van der Waals surface area contributed by atoms with Crippen molar-refractivity contribution in [3.8, 4) is 10.6 Å². The lowest BCUT2D eigenvalue weighted by Crippen LogP contribution is -2.49. The highest BCUT2D eigenvalue weighted by atomic mass is 32.1. The smallest absolute Gasteiger partial charge is 0.265 e. The quantitative estimate of drug-likeness (QED) is 0.637. The minimum absolute atomic E-state index is 0.0794. The predicted octanol–water partition coefficient (Wildman–Crippen LogP) is 4.10. The van der Waals surface area contributed by atoms with Crippen molar-refractivity contribution < 1.29 is 4.79 Å². The molecule has 3 aromatic rings. The molecule has 0 unspecified atom stereocenters. The fourth-order valence-electron chi connectivity index (χ4n) is 3.91. The number of aromatic nitrogens is 3. The molecule has 2 aromatic heterocycles. The van der Waals surface area contributed by atoms with E-state index in [0.29, 0.717) is 13.1 Å². The molecule has 0 N–H and O–H groups in total. The highest BCUT2D eigenvalue weighted by Gasteiger charge is 2.26. The molecule has 7 heteroatoms. The molecule has 0 saturated carbocycles. The van der Waals surface area contributed by atoms with Gasteiger partial charge in [-0.25, -0.2) is 15.0 Å². The van der Waals surface area contributed by atoms with Gasteiger partial charge in [0.2, 0.25) is 0 Å². The van der Waals surface area contributed by atoms with Gasteiger partial charge < -0.3 is 9.80 Å². The van der Waals surface area contributed by atoms with Crippen molar-refractivity contribution in [2.24, 2.45) is 0 Å². The molecule has 1 amide bonds. The zero-order valence-electron chi connectivity index (χ0n) is 18.2. The largest absolute Gasteiger partial charge is 0.353 e. The Labute approximate surface area is 181 Å². The maximum atomic E-state index is 13.2. The summed E-state index contributed by atoms with van der Waals surface area (Å²) < 4.78 is 0. The third kappa shape index (κ3) is 4.07. The van der Waals surface area contributed by atoms with E-state index in [9.17, 15) is 4.79 Å². The molecule has 0 atom stereocenters. The zero-order chi connectivity index (χ0) is 21.4. The Morgan fingerprint density at radius 2 is 1.67 bits per heavy atom. The summed E-state index contributed by atoms with van der Waals surface area (Å²) >= 11 is 1.50. The summed E-state index contributed by atoms with van der Waals surface area (Å²) in [5.74, 6) is 1.80. The third-order valence-corrected chi connectivity index (χ3v) is 6.63. The molecule has 0 bridgehead atoms. The number of benzene rings is 1. The van der Waals surface area contributed by atoms with Gasteiger partial charge in [-0.15, -0.1) is 11.3 Å². The number of carbonyl (C=O) groups is 1. The van der Waals surface area contributed by atoms with Crippen LogP contribution in [0.4, 0.5) is 5.82 Å². The molecule has 30 heavy (non-hydrogen) atoms. The van der Waals surface area contributed by atoms with E-state index in [-0.39, 0.29) is 5.91 Å². The van der Waals surface area contributed by atoms with Crippen molar-refractivity contribution >= 4 is 23.1 Å². The molecule has 1 aromatic carbocycles. The van der Waals surface area contributed by atoms with E-state index in [1.807, 2.05) is 31.7 Å². The normalized spacial score (nSPS) is 14.3.